The lowest BCUT2D eigenvalue weighted by molar-refractivity contribution is -0.128. The molecule has 1 aliphatic heterocycles. The topological polar surface area (TPSA) is 69.0 Å². The van der Waals surface area contributed by atoms with Gasteiger partial charge in [-0.05, 0) is 37.8 Å². The molecule has 5 nitrogen and oxygen atoms in total. The van der Waals surface area contributed by atoms with E-state index in [0.29, 0.717) is 5.69 Å². The molecule has 110 valence electrons. The third-order valence-electron chi connectivity index (χ3n) is 4.55. The molecule has 1 aliphatic carbocycles. The summed E-state index contributed by atoms with van der Waals surface area (Å²) in [5.74, 6) is 0.491. The molecule has 1 aromatic heterocycles. The van der Waals surface area contributed by atoms with E-state index in [2.05, 4.69) is 21.3 Å². The van der Waals surface area contributed by atoms with Crippen molar-refractivity contribution in [3.05, 3.63) is 24.0 Å². The summed E-state index contributed by atoms with van der Waals surface area (Å²) in [5.41, 5.74) is 1.39. The molecule has 0 aromatic carbocycles. The Balaban J connectivity index is 1.55. The van der Waals surface area contributed by atoms with Gasteiger partial charge >= 0.3 is 0 Å². The number of rotatable bonds is 3. The minimum atomic E-state index is 0.235. The maximum absolute atomic E-state index is 12.0. The molecule has 0 bridgehead atoms. The summed E-state index contributed by atoms with van der Waals surface area (Å²) in [6.45, 7) is 1.71. The van der Waals surface area contributed by atoms with E-state index in [1.54, 1.807) is 6.20 Å². The van der Waals surface area contributed by atoms with Crippen molar-refractivity contribution in [1.29, 1.82) is 5.26 Å². The Labute approximate surface area is 125 Å². The molecule has 5 heteroatoms. The van der Waals surface area contributed by atoms with Gasteiger partial charge in [0.2, 0.25) is 5.91 Å². The summed E-state index contributed by atoms with van der Waals surface area (Å²) in [7, 11) is 0. The van der Waals surface area contributed by atoms with Crippen molar-refractivity contribution in [3.8, 4) is 6.07 Å². The number of aromatic nitrogens is 1. The fourth-order valence-corrected chi connectivity index (χ4v) is 2.99. The number of nitrogens with zero attached hydrogens (tertiary/aromatic N) is 3. The van der Waals surface area contributed by atoms with E-state index in [9.17, 15) is 4.79 Å². The quantitative estimate of drug-likeness (QED) is 0.919. The molecule has 1 amide bonds. The molecule has 0 spiro atoms. The first kappa shape index (κ1) is 13.9. The number of carbonyl (C=O) groups is 1. The lowest BCUT2D eigenvalue weighted by Crippen LogP contribution is -2.47. The molecule has 2 heterocycles. The molecule has 2 fully saturated rings. The highest BCUT2D eigenvalue weighted by Gasteiger charge is 2.28. The predicted octanol–water partition coefficient (Wildman–Crippen LogP) is 1.84. The number of hydrogen-bond acceptors (Lipinski definition) is 4. The van der Waals surface area contributed by atoms with Crippen LogP contribution in [0.5, 0.6) is 0 Å². The zero-order valence-corrected chi connectivity index (χ0v) is 12.1. The molecule has 3 rings (SSSR count). The Morgan fingerprint density at radius 3 is 2.71 bits per heavy atom. The molecule has 0 atom stereocenters. The van der Waals surface area contributed by atoms with Crippen molar-refractivity contribution in [3.63, 3.8) is 0 Å². The van der Waals surface area contributed by atoms with Gasteiger partial charge < -0.3 is 10.2 Å². The number of anilines is 1. The van der Waals surface area contributed by atoms with Gasteiger partial charge in [0.25, 0.3) is 0 Å². The predicted molar refractivity (Wildman–Crippen MR) is 79.7 cm³/mol. The highest BCUT2D eigenvalue weighted by Crippen LogP contribution is 2.27. The second kappa shape index (κ2) is 6.13. The van der Waals surface area contributed by atoms with E-state index in [0.717, 1.165) is 44.5 Å². The largest absolute Gasteiger partial charge is 0.369 e. The third-order valence-corrected chi connectivity index (χ3v) is 4.55. The van der Waals surface area contributed by atoms with Gasteiger partial charge in [0.15, 0.2) is 5.69 Å². The van der Waals surface area contributed by atoms with Gasteiger partial charge in [0, 0.05) is 31.2 Å². The van der Waals surface area contributed by atoms with Gasteiger partial charge in [-0.15, -0.1) is 0 Å². The molecule has 1 N–H and O–H groups in total. The highest BCUT2D eigenvalue weighted by atomic mass is 16.2. The fourth-order valence-electron chi connectivity index (χ4n) is 2.99. The average Bonchev–Trinajstić information content (AvgIpc) is 2.46. The van der Waals surface area contributed by atoms with Crippen molar-refractivity contribution in [1.82, 2.24) is 10.3 Å². The Morgan fingerprint density at radius 2 is 2.10 bits per heavy atom. The summed E-state index contributed by atoms with van der Waals surface area (Å²) < 4.78 is 0. The van der Waals surface area contributed by atoms with Crippen LogP contribution in [-0.2, 0) is 4.79 Å². The van der Waals surface area contributed by atoms with Gasteiger partial charge in [-0.2, -0.15) is 5.26 Å². The van der Waals surface area contributed by atoms with Crippen LogP contribution < -0.4 is 10.2 Å². The van der Waals surface area contributed by atoms with Crippen LogP contribution >= 0.6 is 0 Å². The van der Waals surface area contributed by atoms with Crippen LogP contribution in [-0.4, -0.2) is 30.0 Å². The number of hydrogen-bond donors (Lipinski definition) is 1. The normalized spacial score (nSPS) is 19.7. The molecule has 21 heavy (non-hydrogen) atoms. The number of pyridine rings is 1. The molecule has 2 aliphatic rings. The summed E-state index contributed by atoms with van der Waals surface area (Å²) in [4.78, 5) is 18.3. The first-order valence-corrected chi connectivity index (χ1v) is 7.68. The minimum absolute atomic E-state index is 0.235. The van der Waals surface area contributed by atoms with Crippen LogP contribution in [0.3, 0.4) is 0 Å². The van der Waals surface area contributed by atoms with Crippen LogP contribution in [0.4, 0.5) is 5.69 Å². The highest BCUT2D eigenvalue weighted by molar-refractivity contribution is 5.79. The van der Waals surface area contributed by atoms with E-state index in [4.69, 9.17) is 5.26 Å². The molecular formula is C16H20N4O. The van der Waals surface area contributed by atoms with Crippen molar-refractivity contribution < 1.29 is 4.79 Å². The summed E-state index contributed by atoms with van der Waals surface area (Å²) >= 11 is 0. The second-order valence-corrected chi connectivity index (χ2v) is 5.88. The molecule has 0 radical (unpaired) electrons. The zero-order chi connectivity index (χ0) is 14.7. The summed E-state index contributed by atoms with van der Waals surface area (Å²) in [5, 5.41) is 12.3. The Bertz CT molecular complexity index is 554. The van der Waals surface area contributed by atoms with Crippen LogP contribution in [0.1, 0.15) is 37.8 Å². The number of nitriles is 1. The van der Waals surface area contributed by atoms with E-state index in [1.165, 1.54) is 6.42 Å². The number of amides is 1. The maximum Gasteiger partial charge on any atom is 0.223 e. The first-order valence-electron chi connectivity index (χ1n) is 7.68. The molecule has 0 unspecified atom stereocenters. The van der Waals surface area contributed by atoms with Crippen LogP contribution in [0.2, 0.25) is 0 Å². The van der Waals surface area contributed by atoms with Gasteiger partial charge in [-0.1, -0.05) is 6.42 Å². The summed E-state index contributed by atoms with van der Waals surface area (Å²) in [6.07, 6.45) is 6.79. The number of nitrogens with one attached hydrogen (secondary N) is 1. The van der Waals surface area contributed by atoms with Crippen LogP contribution in [0.15, 0.2) is 18.3 Å². The first-order chi connectivity index (χ1) is 10.3. The van der Waals surface area contributed by atoms with Gasteiger partial charge in [-0.3, -0.25) is 4.79 Å². The van der Waals surface area contributed by atoms with Crippen molar-refractivity contribution >= 4 is 11.6 Å². The zero-order valence-electron chi connectivity index (χ0n) is 12.1. The SMILES string of the molecule is N#Cc1ncccc1N1CCC(NC(=O)C2CCC2)CC1. The Morgan fingerprint density at radius 1 is 1.33 bits per heavy atom. The molecule has 1 saturated heterocycles. The molecule has 1 saturated carbocycles. The fraction of sp³-hybridized carbons (Fsp3) is 0.562. The van der Waals surface area contributed by atoms with Gasteiger partial charge in [-0.25, -0.2) is 4.98 Å². The molecule has 1 aromatic rings. The number of carbonyl (C=O) groups excluding carboxylic acids is 1. The molecular weight excluding hydrogens is 264 g/mol. The standard InChI is InChI=1S/C16H20N4O/c17-11-14-15(5-2-8-18-14)20-9-6-13(7-10-20)19-16(21)12-3-1-4-12/h2,5,8,12-13H,1,3-4,6-7,9-10H2,(H,19,21). The van der Waals surface area contributed by atoms with Crippen molar-refractivity contribution in [2.75, 3.05) is 18.0 Å². The minimum Gasteiger partial charge on any atom is -0.369 e. The smallest absolute Gasteiger partial charge is 0.223 e. The second-order valence-electron chi connectivity index (χ2n) is 5.88. The monoisotopic (exact) mass is 284 g/mol. The van der Waals surface area contributed by atoms with Crippen LogP contribution in [0.25, 0.3) is 0 Å². The van der Waals surface area contributed by atoms with E-state index in [-0.39, 0.29) is 17.9 Å². The Hall–Kier alpha value is -2.09. The van der Waals surface area contributed by atoms with Crippen LogP contribution in [0, 0.1) is 17.2 Å². The number of piperidine rings is 1. The van der Waals surface area contributed by atoms with Crippen molar-refractivity contribution in [2.45, 2.75) is 38.1 Å². The summed E-state index contributed by atoms with van der Waals surface area (Å²) in [6, 6.07) is 6.22. The lowest BCUT2D eigenvalue weighted by atomic mass is 9.84. The Kier molecular flexibility index (Phi) is 4.05. The lowest BCUT2D eigenvalue weighted by Gasteiger charge is -2.35. The van der Waals surface area contributed by atoms with E-state index < -0.39 is 0 Å². The van der Waals surface area contributed by atoms with Crippen molar-refractivity contribution in [2.24, 2.45) is 5.92 Å². The van der Waals surface area contributed by atoms with E-state index >= 15 is 0 Å². The average molecular weight is 284 g/mol. The maximum atomic E-state index is 12.0. The van der Waals surface area contributed by atoms with Gasteiger partial charge in [0.05, 0.1) is 5.69 Å². The van der Waals surface area contributed by atoms with E-state index in [1.807, 2.05) is 12.1 Å². The third kappa shape index (κ3) is 2.99. The van der Waals surface area contributed by atoms with Gasteiger partial charge in [0.1, 0.15) is 6.07 Å².